The average Bonchev–Trinajstić information content (AvgIpc) is 2.43. The molecule has 0 aliphatic heterocycles. The summed E-state index contributed by atoms with van der Waals surface area (Å²) >= 11 is 0. The molecule has 0 atom stereocenters. The number of hydrogen-bond donors (Lipinski definition) is 1. The maximum absolute atomic E-state index is 11.8. The van der Waals surface area contributed by atoms with E-state index in [1.165, 1.54) is 0 Å². The van der Waals surface area contributed by atoms with Crippen molar-refractivity contribution in [2.45, 2.75) is 13.3 Å². The highest BCUT2D eigenvalue weighted by Crippen LogP contribution is 2.17. The summed E-state index contributed by atoms with van der Waals surface area (Å²) in [6, 6.07) is 9.74. The Morgan fingerprint density at radius 3 is 2.89 bits per heavy atom. The van der Waals surface area contributed by atoms with Crippen LogP contribution in [0.2, 0.25) is 0 Å². The molecule has 0 saturated heterocycles. The molecule has 0 amide bonds. The number of nitrogens with zero attached hydrogens (tertiary/aromatic N) is 2. The number of aromatic amines is 1. The molecule has 4 nitrogen and oxygen atoms in total. The molecule has 2 aromatic heterocycles. The van der Waals surface area contributed by atoms with E-state index in [1.54, 1.807) is 6.20 Å². The Kier molecular flexibility index (Phi) is 2.83. The van der Waals surface area contributed by atoms with Crippen molar-refractivity contribution < 1.29 is 0 Å². The van der Waals surface area contributed by atoms with Crippen LogP contribution in [0.25, 0.3) is 10.8 Å². The van der Waals surface area contributed by atoms with Crippen molar-refractivity contribution >= 4 is 10.8 Å². The van der Waals surface area contributed by atoms with Crippen LogP contribution in [0.4, 0.5) is 0 Å². The summed E-state index contributed by atoms with van der Waals surface area (Å²) in [7, 11) is 0. The Balaban J connectivity index is 2.15. The van der Waals surface area contributed by atoms with Gasteiger partial charge in [0.15, 0.2) is 0 Å². The maximum atomic E-state index is 11.8. The lowest BCUT2D eigenvalue weighted by molar-refractivity contribution is 0.931. The zero-order valence-corrected chi connectivity index (χ0v) is 10.6. The largest absolute Gasteiger partial charge is 0.272 e. The van der Waals surface area contributed by atoms with E-state index in [1.807, 2.05) is 43.5 Å². The van der Waals surface area contributed by atoms with Gasteiger partial charge < -0.3 is 0 Å². The van der Waals surface area contributed by atoms with Gasteiger partial charge in [-0.15, -0.1) is 0 Å². The molecule has 0 aliphatic carbocycles. The predicted molar refractivity (Wildman–Crippen MR) is 74.1 cm³/mol. The lowest BCUT2D eigenvalue weighted by Crippen LogP contribution is -2.11. The van der Waals surface area contributed by atoms with Gasteiger partial charge in [-0.2, -0.15) is 5.10 Å². The van der Waals surface area contributed by atoms with Crippen molar-refractivity contribution in [3.8, 4) is 0 Å². The van der Waals surface area contributed by atoms with E-state index in [0.717, 1.165) is 22.2 Å². The molecule has 0 aliphatic rings. The lowest BCUT2D eigenvalue weighted by Gasteiger charge is -2.05. The van der Waals surface area contributed by atoms with Gasteiger partial charge in [-0.3, -0.25) is 9.78 Å². The van der Waals surface area contributed by atoms with Crippen molar-refractivity contribution in [3.63, 3.8) is 0 Å². The Bertz CT molecular complexity index is 778. The second-order valence-electron chi connectivity index (χ2n) is 4.59. The summed E-state index contributed by atoms with van der Waals surface area (Å²) in [6.07, 6.45) is 4.21. The predicted octanol–water partition coefficient (Wildman–Crippen LogP) is 2.22. The Morgan fingerprint density at radius 1 is 1.21 bits per heavy atom. The summed E-state index contributed by atoms with van der Waals surface area (Å²) < 4.78 is 0. The fourth-order valence-corrected chi connectivity index (χ4v) is 2.17. The molecule has 4 heteroatoms. The van der Waals surface area contributed by atoms with Gasteiger partial charge in [0.25, 0.3) is 5.56 Å². The van der Waals surface area contributed by atoms with Crippen LogP contribution in [0.1, 0.15) is 16.8 Å². The van der Waals surface area contributed by atoms with Crippen LogP contribution in [0.5, 0.6) is 0 Å². The van der Waals surface area contributed by atoms with E-state index >= 15 is 0 Å². The van der Waals surface area contributed by atoms with Crippen molar-refractivity contribution in [1.29, 1.82) is 0 Å². The van der Waals surface area contributed by atoms with E-state index in [4.69, 9.17) is 0 Å². The fourth-order valence-electron chi connectivity index (χ4n) is 2.17. The minimum atomic E-state index is -0.145. The summed E-state index contributed by atoms with van der Waals surface area (Å²) in [6.45, 7) is 1.97. The van der Waals surface area contributed by atoms with Crippen molar-refractivity contribution in [2.24, 2.45) is 0 Å². The second-order valence-corrected chi connectivity index (χ2v) is 4.59. The highest BCUT2D eigenvalue weighted by atomic mass is 16.1. The highest BCUT2D eigenvalue weighted by Gasteiger charge is 2.07. The Hall–Kier alpha value is -2.49. The average molecular weight is 251 g/mol. The zero-order valence-electron chi connectivity index (χ0n) is 10.6. The molecule has 3 aromatic rings. The van der Waals surface area contributed by atoms with Gasteiger partial charge in [0.2, 0.25) is 0 Å². The first-order valence-electron chi connectivity index (χ1n) is 6.11. The standard InChI is InChI=1S/C15H13N3O/c1-10-4-5-12-13(7-10)15(19)18-17-14(12)8-11-3-2-6-16-9-11/h2-7,9H,8H2,1H3,(H,18,19). The zero-order chi connectivity index (χ0) is 13.2. The molecular weight excluding hydrogens is 238 g/mol. The topological polar surface area (TPSA) is 58.6 Å². The van der Waals surface area contributed by atoms with Crippen LogP contribution >= 0.6 is 0 Å². The molecule has 94 valence electrons. The normalized spacial score (nSPS) is 10.8. The minimum Gasteiger partial charge on any atom is -0.267 e. The SMILES string of the molecule is Cc1ccc2c(Cc3cccnc3)n[nH]c(=O)c2c1. The van der Waals surface area contributed by atoms with Gasteiger partial charge in [0.05, 0.1) is 11.1 Å². The molecule has 0 saturated carbocycles. The molecule has 0 spiro atoms. The Labute approximate surface area is 110 Å². The number of aromatic nitrogens is 3. The molecule has 19 heavy (non-hydrogen) atoms. The third-order valence-electron chi connectivity index (χ3n) is 3.12. The smallest absolute Gasteiger partial charge is 0.267 e. The molecule has 0 fully saturated rings. The number of aryl methyl sites for hydroxylation is 1. The summed E-state index contributed by atoms with van der Waals surface area (Å²) in [4.78, 5) is 15.9. The number of H-pyrrole nitrogens is 1. The lowest BCUT2D eigenvalue weighted by atomic mass is 10.0. The summed E-state index contributed by atoms with van der Waals surface area (Å²) in [5.41, 5.74) is 2.86. The summed E-state index contributed by atoms with van der Waals surface area (Å²) in [5.74, 6) is 0. The number of nitrogens with one attached hydrogen (secondary N) is 1. The molecule has 1 N–H and O–H groups in total. The Morgan fingerprint density at radius 2 is 2.11 bits per heavy atom. The second kappa shape index (κ2) is 4.65. The minimum absolute atomic E-state index is 0.145. The van der Waals surface area contributed by atoms with Gasteiger partial charge in [-0.05, 0) is 24.6 Å². The fraction of sp³-hybridized carbons (Fsp3) is 0.133. The van der Waals surface area contributed by atoms with Gasteiger partial charge in [-0.25, -0.2) is 5.10 Å². The van der Waals surface area contributed by atoms with E-state index in [-0.39, 0.29) is 5.56 Å². The van der Waals surface area contributed by atoms with Crippen LogP contribution in [-0.2, 0) is 6.42 Å². The van der Waals surface area contributed by atoms with Crippen LogP contribution < -0.4 is 5.56 Å². The van der Waals surface area contributed by atoms with Crippen molar-refractivity contribution in [1.82, 2.24) is 15.2 Å². The molecule has 0 radical (unpaired) electrons. The molecular formula is C15H13N3O. The first kappa shape index (κ1) is 11.6. The maximum Gasteiger partial charge on any atom is 0.272 e. The van der Waals surface area contributed by atoms with Crippen molar-refractivity contribution in [2.75, 3.05) is 0 Å². The van der Waals surface area contributed by atoms with Crippen LogP contribution in [0.15, 0.2) is 47.5 Å². The molecule has 3 rings (SSSR count). The first-order valence-corrected chi connectivity index (χ1v) is 6.11. The van der Waals surface area contributed by atoms with Crippen molar-refractivity contribution in [3.05, 3.63) is 69.9 Å². The van der Waals surface area contributed by atoms with Crippen LogP contribution in [0, 0.1) is 6.92 Å². The quantitative estimate of drug-likeness (QED) is 0.759. The third-order valence-corrected chi connectivity index (χ3v) is 3.12. The molecule has 1 aromatic carbocycles. The first-order chi connectivity index (χ1) is 9.24. The summed E-state index contributed by atoms with van der Waals surface area (Å²) in [5, 5.41) is 8.32. The molecule has 2 heterocycles. The van der Waals surface area contributed by atoms with Crippen LogP contribution in [-0.4, -0.2) is 15.2 Å². The van der Waals surface area contributed by atoms with Crippen LogP contribution in [0.3, 0.4) is 0 Å². The number of pyridine rings is 1. The highest BCUT2D eigenvalue weighted by molar-refractivity contribution is 5.84. The van der Waals surface area contributed by atoms with E-state index in [9.17, 15) is 4.79 Å². The van der Waals surface area contributed by atoms with Gasteiger partial charge in [0, 0.05) is 24.2 Å². The van der Waals surface area contributed by atoms with E-state index in [0.29, 0.717) is 11.8 Å². The number of hydrogen-bond acceptors (Lipinski definition) is 3. The number of benzene rings is 1. The van der Waals surface area contributed by atoms with Gasteiger partial charge in [-0.1, -0.05) is 23.8 Å². The van der Waals surface area contributed by atoms with E-state index < -0.39 is 0 Å². The van der Waals surface area contributed by atoms with Gasteiger partial charge >= 0.3 is 0 Å². The van der Waals surface area contributed by atoms with E-state index in [2.05, 4.69) is 15.2 Å². The third kappa shape index (κ3) is 2.25. The molecule has 0 bridgehead atoms. The molecule has 0 unspecified atom stereocenters. The van der Waals surface area contributed by atoms with Gasteiger partial charge in [0.1, 0.15) is 0 Å². The monoisotopic (exact) mass is 251 g/mol. The number of fused-ring (bicyclic) bond motifs is 1. The number of rotatable bonds is 2.